The lowest BCUT2D eigenvalue weighted by Crippen LogP contribution is -2.35. The minimum atomic E-state index is -0.335. The fraction of sp³-hybridized carbons (Fsp3) is 0.877. The van der Waals surface area contributed by atoms with Gasteiger partial charge in [-0.25, -0.2) is 0 Å². The van der Waals surface area contributed by atoms with Crippen LogP contribution in [-0.2, 0) is 24.0 Å². The summed E-state index contributed by atoms with van der Waals surface area (Å²) in [5, 5.41) is 23.3. The van der Waals surface area contributed by atoms with E-state index in [-0.39, 0.29) is 42.5 Å². The van der Waals surface area contributed by atoms with Crippen LogP contribution in [0.1, 0.15) is 201 Å². The first-order valence-corrected chi connectivity index (χ1v) is 29.5. The molecule has 0 aromatic heterocycles. The zero-order valence-corrected chi connectivity index (χ0v) is 46.7. The first-order valence-electron chi connectivity index (χ1n) is 29.5. The first kappa shape index (κ1) is 67.1. The molecule has 1 rings (SSSR count). The van der Waals surface area contributed by atoms with Crippen LogP contribution in [0.3, 0.4) is 0 Å². The van der Waals surface area contributed by atoms with Crippen molar-refractivity contribution in [3.8, 4) is 0 Å². The smallest absolute Gasteiger partial charge is 0.253 e. The molecule has 0 bridgehead atoms. The standard InChI is InChI=1S/C57H112N10O5/c1-48(20-8-9-21-49(2)23-16-25-51(4)29-31-55(70)66-44-43-65-53(68)27-17-45-67-56(71)32-33-57(67)72)22-15-24-50(3)28-30-54(69)64-42-10-6-5-7-26-52(46-62-38-13-11-36-60-40-18-34-58)47-63-39-14-12-37-61-41-19-35-59/h32-33,48-52,60-63H,5-31,34-47,58-59H2,1-4H3,(H,64,69)(H,65,68)(H,66,70). The van der Waals surface area contributed by atoms with Crippen molar-refractivity contribution < 1.29 is 24.0 Å². The van der Waals surface area contributed by atoms with E-state index < -0.39 is 0 Å². The maximum Gasteiger partial charge on any atom is 0.253 e. The summed E-state index contributed by atoms with van der Waals surface area (Å²) >= 11 is 0. The van der Waals surface area contributed by atoms with Gasteiger partial charge in [-0.2, -0.15) is 0 Å². The summed E-state index contributed by atoms with van der Waals surface area (Å²) < 4.78 is 0. The second kappa shape index (κ2) is 47.7. The summed E-state index contributed by atoms with van der Waals surface area (Å²) in [6.07, 6.45) is 31.5. The maximum absolute atomic E-state index is 12.6. The number of nitrogens with two attached hydrogens (primary N) is 2. The Labute approximate surface area is 440 Å². The summed E-state index contributed by atoms with van der Waals surface area (Å²) in [6, 6.07) is 0. The zero-order chi connectivity index (χ0) is 52.7. The SMILES string of the molecule is CC(CCCCC(C)CCCC(C)CCC(=O)NCCNC(=O)CCCN1C(=O)C=CC1=O)CCCC(C)CCC(=O)NCCCCCCC(CNCCCCNCCCN)CNCCCCNCCCN. The summed E-state index contributed by atoms with van der Waals surface area (Å²) in [7, 11) is 0. The van der Waals surface area contributed by atoms with Gasteiger partial charge in [0.25, 0.3) is 11.8 Å². The van der Waals surface area contributed by atoms with Crippen LogP contribution >= 0.6 is 0 Å². The molecule has 1 aliphatic heterocycles. The molecule has 0 aromatic carbocycles. The highest BCUT2D eigenvalue weighted by molar-refractivity contribution is 6.12. The van der Waals surface area contributed by atoms with Gasteiger partial charge in [0.1, 0.15) is 0 Å². The van der Waals surface area contributed by atoms with Gasteiger partial charge < -0.3 is 48.7 Å². The third-order valence-electron chi connectivity index (χ3n) is 14.4. The lowest BCUT2D eigenvalue weighted by atomic mass is 9.90. The number of nitrogens with zero attached hydrogens (tertiary/aromatic N) is 1. The van der Waals surface area contributed by atoms with Gasteiger partial charge in [-0.15, -0.1) is 0 Å². The van der Waals surface area contributed by atoms with Crippen LogP contribution in [0.25, 0.3) is 0 Å². The molecular weight excluding hydrogens is 905 g/mol. The number of imide groups is 1. The minimum Gasteiger partial charge on any atom is -0.356 e. The Kier molecular flexibility index (Phi) is 44.5. The quantitative estimate of drug-likeness (QED) is 0.0218. The predicted molar refractivity (Wildman–Crippen MR) is 299 cm³/mol. The Bertz CT molecular complexity index is 1350. The molecule has 0 saturated carbocycles. The van der Waals surface area contributed by atoms with Crippen molar-refractivity contribution in [2.45, 2.75) is 201 Å². The van der Waals surface area contributed by atoms with Gasteiger partial charge in [0.05, 0.1) is 0 Å². The molecule has 11 N–H and O–H groups in total. The highest BCUT2D eigenvalue weighted by atomic mass is 16.2. The zero-order valence-electron chi connectivity index (χ0n) is 46.7. The number of carbonyl (C=O) groups is 5. The average molecular weight is 1020 g/mol. The summed E-state index contributed by atoms with van der Waals surface area (Å²) in [5.41, 5.74) is 11.2. The van der Waals surface area contributed by atoms with Crippen LogP contribution < -0.4 is 48.7 Å². The molecule has 420 valence electrons. The second-order valence-electron chi connectivity index (χ2n) is 21.6. The molecule has 5 amide bonds. The van der Waals surface area contributed by atoms with Crippen molar-refractivity contribution in [1.29, 1.82) is 0 Å². The van der Waals surface area contributed by atoms with E-state index >= 15 is 0 Å². The fourth-order valence-corrected chi connectivity index (χ4v) is 9.40. The Balaban J connectivity index is 2.03. The Hall–Kier alpha value is -2.95. The third kappa shape index (κ3) is 41.4. The molecule has 0 aromatic rings. The molecule has 15 heteroatoms. The molecule has 0 radical (unpaired) electrons. The summed E-state index contributed by atoms with van der Waals surface area (Å²) in [4.78, 5) is 61.3. The molecule has 1 aliphatic rings. The lowest BCUT2D eigenvalue weighted by molar-refractivity contribution is -0.137. The van der Waals surface area contributed by atoms with Crippen molar-refractivity contribution in [3.63, 3.8) is 0 Å². The van der Waals surface area contributed by atoms with Crippen molar-refractivity contribution in [2.24, 2.45) is 41.1 Å². The Morgan fingerprint density at radius 1 is 0.403 bits per heavy atom. The maximum atomic E-state index is 12.6. The van der Waals surface area contributed by atoms with E-state index in [1.807, 2.05) is 0 Å². The highest BCUT2D eigenvalue weighted by Crippen LogP contribution is 2.23. The van der Waals surface area contributed by atoms with Crippen LogP contribution in [-0.4, -0.2) is 126 Å². The first-order chi connectivity index (χ1) is 34.9. The number of nitrogens with one attached hydrogen (secondary N) is 7. The Morgan fingerprint density at radius 2 is 0.764 bits per heavy atom. The predicted octanol–water partition coefficient (Wildman–Crippen LogP) is 7.23. The molecule has 0 fully saturated rings. The van der Waals surface area contributed by atoms with E-state index in [9.17, 15) is 24.0 Å². The molecule has 1 heterocycles. The molecule has 0 spiro atoms. The number of rotatable bonds is 53. The molecule has 15 nitrogen and oxygen atoms in total. The lowest BCUT2D eigenvalue weighted by Gasteiger charge is -2.19. The third-order valence-corrected chi connectivity index (χ3v) is 14.4. The van der Waals surface area contributed by atoms with Gasteiger partial charge in [0.2, 0.25) is 17.7 Å². The van der Waals surface area contributed by atoms with Crippen LogP contribution in [0.5, 0.6) is 0 Å². The summed E-state index contributed by atoms with van der Waals surface area (Å²) in [5.74, 6) is 2.64. The second-order valence-corrected chi connectivity index (χ2v) is 21.6. The van der Waals surface area contributed by atoms with Crippen LogP contribution in [0, 0.1) is 29.6 Å². The van der Waals surface area contributed by atoms with Crippen LogP contribution in [0.4, 0.5) is 0 Å². The Morgan fingerprint density at radius 3 is 1.24 bits per heavy atom. The van der Waals surface area contributed by atoms with E-state index in [0.717, 1.165) is 127 Å². The summed E-state index contributed by atoms with van der Waals surface area (Å²) in [6.45, 7) is 21.1. The normalized spacial score (nSPS) is 14.3. The molecule has 0 aliphatic carbocycles. The van der Waals surface area contributed by atoms with Crippen molar-refractivity contribution in [2.75, 3.05) is 91.6 Å². The largest absolute Gasteiger partial charge is 0.356 e. The van der Waals surface area contributed by atoms with Crippen molar-refractivity contribution in [1.82, 2.24) is 42.1 Å². The van der Waals surface area contributed by atoms with Crippen molar-refractivity contribution in [3.05, 3.63) is 12.2 Å². The fourth-order valence-electron chi connectivity index (χ4n) is 9.40. The van der Waals surface area contributed by atoms with Crippen molar-refractivity contribution >= 4 is 29.5 Å². The van der Waals surface area contributed by atoms with E-state index in [0.29, 0.717) is 50.1 Å². The number of hydrogen-bond donors (Lipinski definition) is 9. The number of carbonyl (C=O) groups excluding carboxylic acids is 5. The van der Waals surface area contributed by atoms with E-state index in [1.165, 1.54) is 121 Å². The average Bonchev–Trinajstić information content (AvgIpc) is 3.68. The van der Waals surface area contributed by atoms with Crippen LogP contribution in [0.15, 0.2) is 12.2 Å². The number of amides is 5. The molecule has 4 unspecified atom stereocenters. The minimum absolute atomic E-state index is 0.0154. The van der Waals surface area contributed by atoms with Gasteiger partial charge in [-0.3, -0.25) is 28.9 Å². The van der Waals surface area contributed by atoms with Crippen LogP contribution in [0.2, 0.25) is 0 Å². The molecule has 0 saturated heterocycles. The highest BCUT2D eigenvalue weighted by Gasteiger charge is 2.22. The number of hydrogen-bond acceptors (Lipinski definition) is 11. The number of unbranched alkanes of at least 4 members (excludes halogenated alkanes) is 6. The molecular formula is C57H112N10O5. The van der Waals surface area contributed by atoms with E-state index in [1.54, 1.807) is 0 Å². The molecule has 72 heavy (non-hydrogen) atoms. The van der Waals surface area contributed by atoms with Gasteiger partial charge in [0.15, 0.2) is 0 Å². The topological polar surface area (TPSA) is 225 Å². The van der Waals surface area contributed by atoms with Gasteiger partial charge in [0, 0.05) is 57.6 Å². The van der Waals surface area contributed by atoms with Gasteiger partial charge >= 0.3 is 0 Å². The van der Waals surface area contributed by atoms with E-state index in [2.05, 4.69) is 64.9 Å². The van der Waals surface area contributed by atoms with Gasteiger partial charge in [-0.1, -0.05) is 111 Å². The van der Waals surface area contributed by atoms with Gasteiger partial charge in [-0.05, 0) is 166 Å². The molecule has 4 atom stereocenters. The van der Waals surface area contributed by atoms with E-state index in [4.69, 9.17) is 11.5 Å². The monoisotopic (exact) mass is 1020 g/mol.